The lowest BCUT2D eigenvalue weighted by atomic mass is 10.2. The fourth-order valence-corrected chi connectivity index (χ4v) is 4.20. The third-order valence-corrected chi connectivity index (χ3v) is 6.04. The van der Waals surface area contributed by atoms with Crippen LogP contribution in [-0.2, 0) is 0 Å². The summed E-state index contributed by atoms with van der Waals surface area (Å²) >= 11 is 12.1. The van der Waals surface area contributed by atoms with Crippen LogP contribution in [0.2, 0.25) is 10.0 Å². The van der Waals surface area contributed by atoms with Crippen LogP contribution in [0.1, 0.15) is 33.6 Å². The van der Waals surface area contributed by atoms with E-state index in [4.69, 9.17) is 23.2 Å². The van der Waals surface area contributed by atoms with Crippen molar-refractivity contribution in [3.8, 4) is 0 Å². The molecule has 34 heavy (non-hydrogen) atoms. The number of hydrogen-bond donors (Lipinski definition) is 3. The minimum atomic E-state index is -0.450. The molecule has 2 amide bonds. The molecule has 0 radical (unpaired) electrons. The van der Waals surface area contributed by atoms with Crippen molar-refractivity contribution in [3.63, 3.8) is 0 Å². The van der Waals surface area contributed by atoms with E-state index in [1.165, 1.54) is 25.2 Å². The van der Waals surface area contributed by atoms with E-state index in [2.05, 4.69) is 30.8 Å². The predicted octanol–water partition coefficient (Wildman–Crippen LogP) is 4.60. The quantitative estimate of drug-likeness (QED) is 0.419. The lowest BCUT2D eigenvalue weighted by molar-refractivity contribution is 0.0949. The van der Waals surface area contributed by atoms with Gasteiger partial charge in [0, 0.05) is 24.3 Å². The Morgan fingerprint density at radius 3 is 2.18 bits per heavy atom. The van der Waals surface area contributed by atoms with E-state index in [1.807, 2.05) is 0 Å². The van der Waals surface area contributed by atoms with Gasteiger partial charge in [-0.15, -0.1) is 0 Å². The standard InChI is InChI=1S/C24H24Cl2N6O2/c25-19-4-3-5-20(26)21(19)23(34)30-18-14-28-24(29-15-18)31-17-8-6-16(7-9-17)22(33)27-10-13-32-11-1-2-12-32/h3-9,14-15H,1-2,10-13H2,(H,27,33)(H,30,34)(H,28,29,31). The lowest BCUT2D eigenvalue weighted by Crippen LogP contribution is -2.33. The number of aromatic nitrogens is 2. The summed E-state index contributed by atoms with van der Waals surface area (Å²) in [5.74, 6) is -0.202. The predicted molar refractivity (Wildman–Crippen MR) is 134 cm³/mol. The molecule has 0 bridgehead atoms. The first-order valence-corrected chi connectivity index (χ1v) is 11.7. The molecule has 0 spiro atoms. The van der Waals surface area contributed by atoms with Crippen molar-refractivity contribution in [2.24, 2.45) is 0 Å². The Kier molecular flexibility index (Phi) is 7.95. The number of carbonyl (C=O) groups is 2. The van der Waals surface area contributed by atoms with E-state index in [0.717, 1.165) is 25.3 Å². The van der Waals surface area contributed by atoms with E-state index in [9.17, 15) is 9.59 Å². The number of hydrogen-bond acceptors (Lipinski definition) is 6. The van der Waals surface area contributed by atoms with Crippen LogP contribution in [0.5, 0.6) is 0 Å². The van der Waals surface area contributed by atoms with Gasteiger partial charge in [-0.05, 0) is 62.3 Å². The van der Waals surface area contributed by atoms with Gasteiger partial charge in [0.1, 0.15) is 0 Å². The van der Waals surface area contributed by atoms with Crippen molar-refractivity contribution in [3.05, 3.63) is 76.0 Å². The number of anilines is 3. The molecule has 1 saturated heterocycles. The number of rotatable bonds is 8. The number of likely N-dealkylation sites (tertiary alicyclic amines) is 1. The molecule has 1 fully saturated rings. The summed E-state index contributed by atoms with van der Waals surface area (Å²) in [7, 11) is 0. The van der Waals surface area contributed by atoms with Gasteiger partial charge in [-0.2, -0.15) is 0 Å². The van der Waals surface area contributed by atoms with Crippen molar-refractivity contribution >= 4 is 52.3 Å². The fourth-order valence-electron chi connectivity index (χ4n) is 3.64. The van der Waals surface area contributed by atoms with Gasteiger partial charge in [0.05, 0.1) is 33.7 Å². The monoisotopic (exact) mass is 498 g/mol. The van der Waals surface area contributed by atoms with Gasteiger partial charge in [-0.25, -0.2) is 9.97 Å². The summed E-state index contributed by atoms with van der Waals surface area (Å²) < 4.78 is 0. The second-order valence-electron chi connectivity index (χ2n) is 7.85. The number of nitrogens with zero attached hydrogens (tertiary/aromatic N) is 3. The third-order valence-electron chi connectivity index (χ3n) is 5.42. The largest absolute Gasteiger partial charge is 0.351 e. The highest BCUT2D eigenvalue weighted by molar-refractivity contribution is 6.40. The molecular weight excluding hydrogens is 475 g/mol. The molecule has 0 atom stereocenters. The van der Waals surface area contributed by atoms with E-state index < -0.39 is 5.91 Å². The minimum Gasteiger partial charge on any atom is -0.351 e. The summed E-state index contributed by atoms with van der Waals surface area (Å²) in [4.78, 5) is 35.6. The maximum Gasteiger partial charge on any atom is 0.258 e. The molecule has 1 aliphatic heterocycles. The fraction of sp³-hybridized carbons (Fsp3) is 0.250. The van der Waals surface area contributed by atoms with Gasteiger partial charge in [-0.3, -0.25) is 9.59 Å². The van der Waals surface area contributed by atoms with Gasteiger partial charge in [0.15, 0.2) is 0 Å². The van der Waals surface area contributed by atoms with E-state index in [1.54, 1.807) is 42.5 Å². The van der Waals surface area contributed by atoms with Crippen LogP contribution >= 0.6 is 23.2 Å². The Hall–Kier alpha value is -3.20. The normalized spacial score (nSPS) is 13.5. The first kappa shape index (κ1) is 23.9. The maximum absolute atomic E-state index is 12.5. The van der Waals surface area contributed by atoms with Crippen molar-refractivity contribution in [1.82, 2.24) is 20.2 Å². The summed E-state index contributed by atoms with van der Waals surface area (Å²) in [6, 6.07) is 11.9. The summed E-state index contributed by atoms with van der Waals surface area (Å²) in [5, 5.41) is 9.22. The highest BCUT2D eigenvalue weighted by Gasteiger charge is 2.15. The summed E-state index contributed by atoms with van der Waals surface area (Å²) in [6.07, 6.45) is 5.42. The Bertz CT molecular complexity index is 1130. The van der Waals surface area contributed by atoms with Gasteiger partial charge in [0.25, 0.3) is 11.8 Å². The van der Waals surface area contributed by atoms with E-state index in [-0.39, 0.29) is 21.5 Å². The lowest BCUT2D eigenvalue weighted by Gasteiger charge is -2.14. The molecule has 0 aliphatic carbocycles. The van der Waals surface area contributed by atoms with Crippen LogP contribution in [0.4, 0.5) is 17.3 Å². The Morgan fingerprint density at radius 2 is 1.53 bits per heavy atom. The molecule has 2 aromatic carbocycles. The van der Waals surface area contributed by atoms with Crippen LogP contribution in [-0.4, -0.2) is 52.9 Å². The zero-order valence-electron chi connectivity index (χ0n) is 18.4. The molecule has 176 valence electrons. The van der Waals surface area contributed by atoms with E-state index >= 15 is 0 Å². The topological polar surface area (TPSA) is 99.3 Å². The number of halogens is 2. The molecule has 1 aromatic heterocycles. The van der Waals surface area contributed by atoms with Crippen LogP contribution in [0.25, 0.3) is 0 Å². The zero-order valence-corrected chi connectivity index (χ0v) is 19.9. The average Bonchev–Trinajstić information content (AvgIpc) is 3.34. The van der Waals surface area contributed by atoms with Crippen LogP contribution in [0.3, 0.4) is 0 Å². The highest BCUT2D eigenvalue weighted by Crippen LogP contribution is 2.25. The Labute approximate surface area is 207 Å². The first-order chi connectivity index (χ1) is 16.5. The SMILES string of the molecule is O=C(NCCN1CCCC1)c1ccc(Nc2ncc(NC(=O)c3c(Cl)cccc3Cl)cn2)cc1. The molecule has 2 heterocycles. The van der Waals surface area contributed by atoms with Crippen molar-refractivity contribution < 1.29 is 9.59 Å². The maximum atomic E-state index is 12.5. The van der Waals surface area contributed by atoms with Crippen molar-refractivity contribution in [1.29, 1.82) is 0 Å². The molecule has 3 aromatic rings. The number of carbonyl (C=O) groups excluding carboxylic acids is 2. The molecule has 0 unspecified atom stereocenters. The van der Waals surface area contributed by atoms with Crippen LogP contribution in [0.15, 0.2) is 54.9 Å². The van der Waals surface area contributed by atoms with Crippen LogP contribution < -0.4 is 16.0 Å². The second-order valence-corrected chi connectivity index (χ2v) is 8.67. The molecular formula is C24H24Cl2N6O2. The number of nitrogens with one attached hydrogen (secondary N) is 3. The minimum absolute atomic E-state index is 0.0966. The molecule has 8 nitrogen and oxygen atoms in total. The first-order valence-electron chi connectivity index (χ1n) is 10.9. The molecule has 3 N–H and O–H groups in total. The average molecular weight is 499 g/mol. The van der Waals surface area contributed by atoms with Gasteiger partial charge < -0.3 is 20.9 Å². The smallest absolute Gasteiger partial charge is 0.258 e. The highest BCUT2D eigenvalue weighted by atomic mass is 35.5. The molecule has 10 heteroatoms. The van der Waals surface area contributed by atoms with Crippen LogP contribution in [0, 0.1) is 0 Å². The number of amides is 2. The molecule has 4 rings (SSSR count). The Morgan fingerprint density at radius 1 is 0.882 bits per heavy atom. The van der Waals surface area contributed by atoms with Crippen molar-refractivity contribution in [2.75, 3.05) is 36.8 Å². The number of benzene rings is 2. The second kappa shape index (κ2) is 11.3. The molecule has 0 saturated carbocycles. The van der Waals surface area contributed by atoms with Gasteiger partial charge in [0.2, 0.25) is 5.95 Å². The zero-order chi connectivity index (χ0) is 23.9. The molecule has 1 aliphatic rings. The van der Waals surface area contributed by atoms with Crippen molar-refractivity contribution in [2.45, 2.75) is 12.8 Å². The van der Waals surface area contributed by atoms with Gasteiger partial charge in [-0.1, -0.05) is 29.3 Å². The Balaban J connectivity index is 1.29. The summed E-state index contributed by atoms with van der Waals surface area (Å²) in [5.41, 5.74) is 1.90. The van der Waals surface area contributed by atoms with E-state index in [0.29, 0.717) is 23.7 Å². The third kappa shape index (κ3) is 6.22. The summed E-state index contributed by atoms with van der Waals surface area (Å²) in [6.45, 7) is 3.74. The van der Waals surface area contributed by atoms with Gasteiger partial charge >= 0.3 is 0 Å².